The Balaban J connectivity index is 1.99. The zero-order valence-corrected chi connectivity index (χ0v) is 16.9. The van der Waals surface area contributed by atoms with E-state index in [1.54, 1.807) is 9.25 Å². The number of rotatable bonds is 5. The normalized spacial score (nSPS) is 11.3. The van der Waals surface area contributed by atoms with Crippen molar-refractivity contribution in [1.29, 1.82) is 0 Å². The van der Waals surface area contributed by atoms with Gasteiger partial charge in [0.05, 0.1) is 24.3 Å². The van der Waals surface area contributed by atoms with Crippen molar-refractivity contribution in [2.24, 2.45) is 0 Å². The van der Waals surface area contributed by atoms with Crippen molar-refractivity contribution in [3.63, 3.8) is 0 Å². The highest BCUT2D eigenvalue weighted by Gasteiger charge is 2.20. The van der Waals surface area contributed by atoms with Crippen LogP contribution in [-0.4, -0.2) is 18.9 Å². The quantitative estimate of drug-likeness (QED) is 0.528. The van der Waals surface area contributed by atoms with Gasteiger partial charge in [0.2, 0.25) is 0 Å². The summed E-state index contributed by atoms with van der Waals surface area (Å²) < 4.78 is 4.70. The minimum atomic E-state index is -0.313. The topological polar surface area (TPSA) is 61.8 Å². The van der Waals surface area contributed by atoms with E-state index in [0.717, 1.165) is 16.7 Å². The predicted octanol–water partition coefficient (Wildman–Crippen LogP) is 3.09. The molecule has 0 aliphatic heterocycles. The highest BCUT2D eigenvalue weighted by molar-refractivity contribution is 5.77. The third kappa shape index (κ3) is 3.42. The molecule has 0 radical (unpaired) electrons. The molecule has 4 aromatic rings. The van der Waals surface area contributed by atoms with Gasteiger partial charge in [0.1, 0.15) is 0 Å². The standard InChI is InChI=1S/C23H24N4O2/c1-4-27-21-20(17(3)24-27)25(15-19-12-8-9-16(2)13-19)23(29)26(22(21)28)14-18-10-6-5-7-11-18/h5-13H,4,14-15H2,1-3H3. The van der Waals surface area contributed by atoms with Gasteiger partial charge in [0.15, 0.2) is 5.52 Å². The average molecular weight is 388 g/mol. The van der Waals surface area contributed by atoms with Crippen LogP contribution in [-0.2, 0) is 19.6 Å². The third-order valence-corrected chi connectivity index (χ3v) is 5.18. The maximum absolute atomic E-state index is 13.4. The van der Waals surface area contributed by atoms with Gasteiger partial charge < -0.3 is 0 Å². The highest BCUT2D eigenvalue weighted by Crippen LogP contribution is 2.16. The fourth-order valence-electron chi connectivity index (χ4n) is 3.84. The maximum Gasteiger partial charge on any atom is 0.332 e. The van der Waals surface area contributed by atoms with Gasteiger partial charge in [-0.15, -0.1) is 0 Å². The van der Waals surface area contributed by atoms with Crippen LogP contribution in [0.1, 0.15) is 29.3 Å². The molecule has 6 nitrogen and oxygen atoms in total. The van der Waals surface area contributed by atoms with Gasteiger partial charge in [0.25, 0.3) is 5.56 Å². The summed E-state index contributed by atoms with van der Waals surface area (Å²) in [5.74, 6) is 0. The highest BCUT2D eigenvalue weighted by atomic mass is 16.2. The largest absolute Gasteiger partial charge is 0.332 e. The fraction of sp³-hybridized carbons (Fsp3) is 0.261. The molecule has 0 atom stereocenters. The SMILES string of the molecule is CCn1nc(C)c2c1c(=O)n(Cc1ccccc1)c(=O)n2Cc1cccc(C)c1. The van der Waals surface area contributed by atoms with E-state index in [4.69, 9.17) is 0 Å². The van der Waals surface area contributed by atoms with Crippen LogP contribution in [0.4, 0.5) is 0 Å². The molecule has 0 unspecified atom stereocenters. The summed E-state index contributed by atoms with van der Waals surface area (Å²) in [7, 11) is 0. The van der Waals surface area contributed by atoms with Crippen LogP contribution in [0, 0.1) is 13.8 Å². The second kappa shape index (κ2) is 7.54. The van der Waals surface area contributed by atoms with E-state index in [1.165, 1.54) is 4.57 Å². The van der Waals surface area contributed by atoms with Gasteiger partial charge in [-0.1, -0.05) is 60.2 Å². The number of hydrogen-bond donors (Lipinski definition) is 0. The van der Waals surface area contributed by atoms with E-state index in [1.807, 2.05) is 69.3 Å². The van der Waals surface area contributed by atoms with E-state index < -0.39 is 0 Å². The monoisotopic (exact) mass is 388 g/mol. The molecule has 0 N–H and O–H groups in total. The smallest absolute Gasteiger partial charge is 0.285 e. The van der Waals surface area contributed by atoms with Crippen LogP contribution >= 0.6 is 0 Å². The van der Waals surface area contributed by atoms with Crippen molar-refractivity contribution in [2.45, 2.75) is 40.4 Å². The average Bonchev–Trinajstić information content (AvgIpc) is 3.06. The molecule has 2 aromatic carbocycles. The lowest BCUT2D eigenvalue weighted by molar-refractivity contribution is 0.623. The van der Waals surface area contributed by atoms with Gasteiger partial charge in [-0.3, -0.25) is 18.6 Å². The number of benzene rings is 2. The van der Waals surface area contributed by atoms with Crippen LogP contribution in [0.5, 0.6) is 0 Å². The molecule has 148 valence electrons. The first-order chi connectivity index (χ1) is 14.0. The van der Waals surface area contributed by atoms with E-state index in [2.05, 4.69) is 11.2 Å². The molecule has 0 amide bonds. The Labute approximate surface area is 168 Å². The molecular formula is C23H24N4O2. The van der Waals surface area contributed by atoms with E-state index in [0.29, 0.717) is 29.8 Å². The lowest BCUT2D eigenvalue weighted by Crippen LogP contribution is -2.41. The van der Waals surface area contributed by atoms with Crippen LogP contribution in [0.25, 0.3) is 11.0 Å². The number of fused-ring (bicyclic) bond motifs is 1. The van der Waals surface area contributed by atoms with Crippen molar-refractivity contribution in [3.05, 3.63) is 97.8 Å². The van der Waals surface area contributed by atoms with Crippen molar-refractivity contribution in [1.82, 2.24) is 18.9 Å². The maximum atomic E-state index is 13.4. The first-order valence-electron chi connectivity index (χ1n) is 9.79. The molecule has 0 bridgehead atoms. The van der Waals surface area contributed by atoms with Crippen LogP contribution in [0.2, 0.25) is 0 Å². The zero-order chi connectivity index (χ0) is 20.5. The summed E-state index contributed by atoms with van der Waals surface area (Å²) in [5.41, 5.74) is 4.24. The Morgan fingerprint density at radius 3 is 2.21 bits per heavy atom. The molecule has 2 aromatic heterocycles. The molecule has 2 heterocycles. The first-order valence-corrected chi connectivity index (χ1v) is 9.79. The second-order valence-electron chi connectivity index (χ2n) is 7.33. The summed E-state index contributed by atoms with van der Waals surface area (Å²) in [5, 5.41) is 4.52. The molecule has 29 heavy (non-hydrogen) atoms. The summed E-state index contributed by atoms with van der Waals surface area (Å²) in [6.45, 7) is 7.01. The van der Waals surface area contributed by atoms with Gasteiger partial charge in [-0.25, -0.2) is 4.79 Å². The van der Waals surface area contributed by atoms with Crippen molar-refractivity contribution >= 4 is 11.0 Å². The first kappa shape index (κ1) is 18.9. The number of nitrogens with zero attached hydrogens (tertiary/aromatic N) is 4. The van der Waals surface area contributed by atoms with Gasteiger partial charge >= 0.3 is 5.69 Å². The van der Waals surface area contributed by atoms with Crippen LogP contribution < -0.4 is 11.2 Å². The Kier molecular flexibility index (Phi) is 4.92. The molecule has 0 aliphatic carbocycles. The Hall–Kier alpha value is -3.41. The third-order valence-electron chi connectivity index (χ3n) is 5.18. The number of aromatic nitrogens is 4. The van der Waals surface area contributed by atoms with Crippen molar-refractivity contribution in [2.75, 3.05) is 0 Å². The molecule has 4 rings (SSSR count). The second-order valence-corrected chi connectivity index (χ2v) is 7.33. The minimum Gasteiger partial charge on any atom is -0.285 e. The van der Waals surface area contributed by atoms with E-state index >= 15 is 0 Å². The number of hydrogen-bond acceptors (Lipinski definition) is 3. The predicted molar refractivity (Wildman–Crippen MR) is 114 cm³/mol. The summed E-state index contributed by atoms with van der Waals surface area (Å²) in [6.07, 6.45) is 0. The summed E-state index contributed by atoms with van der Waals surface area (Å²) in [4.78, 5) is 26.7. The molecule has 0 spiro atoms. The minimum absolute atomic E-state index is 0.232. The van der Waals surface area contributed by atoms with E-state index in [9.17, 15) is 9.59 Å². The summed E-state index contributed by atoms with van der Waals surface area (Å²) in [6, 6.07) is 17.6. The van der Waals surface area contributed by atoms with Gasteiger partial charge in [0, 0.05) is 6.54 Å². The summed E-state index contributed by atoms with van der Waals surface area (Å²) >= 11 is 0. The Bertz CT molecular complexity index is 1300. The van der Waals surface area contributed by atoms with Crippen LogP contribution in [0.15, 0.2) is 64.2 Å². The zero-order valence-electron chi connectivity index (χ0n) is 16.9. The van der Waals surface area contributed by atoms with Crippen molar-refractivity contribution < 1.29 is 0 Å². The van der Waals surface area contributed by atoms with Gasteiger partial charge in [-0.2, -0.15) is 5.10 Å². The number of aryl methyl sites for hydroxylation is 3. The Morgan fingerprint density at radius 1 is 0.828 bits per heavy atom. The van der Waals surface area contributed by atoms with Gasteiger partial charge in [-0.05, 0) is 31.9 Å². The molecule has 6 heteroatoms. The molecule has 0 aliphatic rings. The molecule has 0 saturated carbocycles. The Morgan fingerprint density at radius 2 is 1.52 bits per heavy atom. The lowest BCUT2D eigenvalue weighted by atomic mass is 10.1. The van der Waals surface area contributed by atoms with Crippen molar-refractivity contribution in [3.8, 4) is 0 Å². The molecule has 0 saturated heterocycles. The fourth-order valence-corrected chi connectivity index (χ4v) is 3.84. The molecular weight excluding hydrogens is 364 g/mol. The lowest BCUT2D eigenvalue weighted by Gasteiger charge is -2.14. The van der Waals surface area contributed by atoms with Crippen LogP contribution in [0.3, 0.4) is 0 Å². The molecule has 0 fully saturated rings. The van der Waals surface area contributed by atoms with E-state index in [-0.39, 0.29) is 17.8 Å².